The number of hydrogen-bond donors (Lipinski definition) is 1. The Morgan fingerprint density at radius 1 is 0.852 bits per heavy atom. The van der Waals surface area contributed by atoms with Crippen LogP contribution in [0.1, 0.15) is 17.3 Å². The summed E-state index contributed by atoms with van der Waals surface area (Å²) >= 11 is 0. The van der Waals surface area contributed by atoms with E-state index in [1.165, 1.54) is 28.6 Å². The molecule has 0 radical (unpaired) electrons. The molecule has 3 aromatic rings. The van der Waals surface area contributed by atoms with Crippen molar-refractivity contribution in [2.24, 2.45) is 0 Å². The van der Waals surface area contributed by atoms with Crippen LogP contribution >= 0.6 is 0 Å². The summed E-state index contributed by atoms with van der Waals surface area (Å²) in [4.78, 5) is 12.5. The summed E-state index contributed by atoms with van der Waals surface area (Å²) in [6, 6.07) is 24.0. The lowest BCUT2D eigenvalue weighted by Gasteiger charge is -2.23. The second kappa shape index (κ2) is 8.05. The maximum Gasteiger partial charge on any atom is 0.264 e. The van der Waals surface area contributed by atoms with E-state index in [4.69, 9.17) is 0 Å². The summed E-state index contributed by atoms with van der Waals surface area (Å²) in [6.07, 6.45) is 0. The summed E-state index contributed by atoms with van der Waals surface area (Å²) in [5, 5.41) is 2.78. The van der Waals surface area contributed by atoms with E-state index < -0.39 is 10.0 Å². The van der Waals surface area contributed by atoms with Crippen molar-refractivity contribution in [1.29, 1.82) is 0 Å². The van der Waals surface area contributed by atoms with Gasteiger partial charge in [-0.2, -0.15) is 0 Å². The maximum atomic E-state index is 13.0. The topological polar surface area (TPSA) is 66.5 Å². The van der Waals surface area contributed by atoms with Crippen molar-refractivity contribution in [2.75, 3.05) is 16.2 Å². The Hall–Kier alpha value is -3.12. The first-order chi connectivity index (χ1) is 13.0. The van der Waals surface area contributed by atoms with Crippen LogP contribution in [0.5, 0.6) is 0 Å². The molecule has 1 N–H and O–H groups in total. The van der Waals surface area contributed by atoms with Gasteiger partial charge in [0.05, 0.1) is 10.6 Å². The number of carbonyl (C=O) groups excluding carboxylic acids is 1. The van der Waals surface area contributed by atoms with Gasteiger partial charge in [-0.05, 0) is 55.5 Å². The SMILES string of the molecule is CCN(c1ccccc1)S(=O)(=O)c1ccc(C(=O)Nc2ccccc2)cc1. The molecule has 0 unspecified atom stereocenters. The molecule has 0 heterocycles. The minimum absolute atomic E-state index is 0.143. The summed E-state index contributed by atoms with van der Waals surface area (Å²) < 4.78 is 27.3. The van der Waals surface area contributed by atoms with E-state index in [2.05, 4.69) is 5.32 Å². The van der Waals surface area contributed by atoms with Crippen LogP contribution in [0.15, 0.2) is 89.8 Å². The predicted molar refractivity (Wildman–Crippen MR) is 107 cm³/mol. The second-order valence-electron chi connectivity index (χ2n) is 5.85. The van der Waals surface area contributed by atoms with Gasteiger partial charge in [-0.15, -0.1) is 0 Å². The molecule has 0 aromatic heterocycles. The van der Waals surface area contributed by atoms with E-state index in [0.717, 1.165) is 0 Å². The van der Waals surface area contributed by atoms with Gasteiger partial charge in [-0.3, -0.25) is 9.10 Å². The number of hydrogen-bond acceptors (Lipinski definition) is 3. The van der Waals surface area contributed by atoms with Crippen LogP contribution in [-0.2, 0) is 10.0 Å². The van der Waals surface area contributed by atoms with E-state index in [9.17, 15) is 13.2 Å². The van der Waals surface area contributed by atoms with Crippen LogP contribution in [0.3, 0.4) is 0 Å². The zero-order valence-electron chi connectivity index (χ0n) is 14.9. The van der Waals surface area contributed by atoms with Crippen molar-refractivity contribution in [2.45, 2.75) is 11.8 Å². The summed E-state index contributed by atoms with van der Waals surface area (Å²) in [5.41, 5.74) is 1.67. The Morgan fingerprint density at radius 3 is 1.96 bits per heavy atom. The monoisotopic (exact) mass is 380 g/mol. The van der Waals surface area contributed by atoms with Gasteiger partial charge in [0, 0.05) is 17.8 Å². The van der Waals surface area contributed by atoms with Gasteiger partial charge >= 0.3 is 0 Å². The molecule has 1 amide bonds. The van der Waals surface area contributed by atoms with Crippen LogP contribution < -0.4 is 9.62 Å². The molecule has 0 aliphatic heterocycles. The molecule has 27 heavy (non-hydrogen) atoms. The fourth-order valence-corrected chi connectivity index (χ4v) is 4.19. The Kier molecular flexibility index (Phi) is 5.57. The molecule has 3 rings (SSSR count). The number of carbonyl (C=O) groups is 1. The average Bonchev–Trinajstić information content (AvgIpc) is 2.70. The van der Waals surface area contributed by atoms with Crippen molar-refractivity contribution in [3.05, 3.63) is 90.5 Å². The highest BCUT2D eigenvalue weighted by molar-refractivity contribution is 7.92. The zero-order valence-corrected chi connectivity index (χ0v) is 15.7. The Labute approximate surface area is 159 Å². The highest BCUT2D eigenvalue weighted by atomic mass is 32.2. The molecule has 0 saturated carbocycles. The first kappa shape index (κ1) is 18.7. The van der Waals surface area contributed by atoms with Gasteiger partial charge in [-0.1, -0.05) is 36.4 Å². The first-order valence-corrected chi connectivity index (χ1v) is 10.0. The van der Waals surface area contributed by atoms with Crippen LogP contribution in [0.2, 0.25) is 0 Å². The van der Waals surface area contributed by atoms with E-state index in [1.54, 1.807) is 43.3 Å². The highest BCUT2D eigenvalue weighted by Gasteiger charge is 2.23. The number of sulfonamides is 1. The molecular weight excluding hydrogens is 360 g/mol. The zero-order chi connectivity index (χ0) is 19.3. The molecule has 0 fully saturated rings. The molecule has 3 aromatic carbocycles. The molecule has 0 aliphatic rings. The fourth-order valence-electron chi connectivity index (χ4n) is 2.72. The van der Waals surface area contributed by atoms with E-state index in [1.807, 2.05) is 24.3 Å². The smallest absolute Gasteiger partial charge is 0.264 e. The normalized spacial score (nSPS) is 11.0. The van der Waals surface area contributed by atoms with E-state index in [0.29, 0.717) is 23.5 Å². The molecule has 0 bridgehead atoms. The predicted octanol–water partition coefficient (Wildman–Crippen LogP) is 4.15. The van der Waals surface area contributed by atoms with E-state index in [-0.39, 0.29) is 10.8 Å². The summed E-state index contributed by atoms with van der Waals surface area (Å²) in [7, 11) is -3.70. The van der Waals surface area contributed by atoms with Crippen LogP contribution in [-0.4, -0.2) is 20.9 Å². The number of nitrogens with zero attached hydrogens (tertiary/aromatic N) is 1. The molecule has 6 heteroatoms. The third kappa shape index (κ3) is 4.17. The largest absolute Gasteiger partial charge is 0.322 e. The third-order valence-corrected chi connectivity index (χ3v) is 5.98. The molecule has 0 saturated heterocycles. The first-order valence-electron chi connectivity index (χ1n) is 8.56. The van der Waals surface area contributed by atoms with Crippen LogP contribution in [0.25, 0.3) is 0 Å². The fraction of sp³-hybridized carbons (Fsp3) is 0.0952. The Balaban J connectivity index is 1.82. The Bertz CT molecular complexity index is 1000. The highest BCUT2D eigenvalue weighted by Crippen LogP contribution is 2.23. The summed E-state index contributed by atoms with van der Waals surface area (Å²) in [5.74, 6) is -0.291. The lowest BCUT2D eigenvalue weighted by Crippen LogP contribution is -2.30. The third-order valence-electron chi connectivity index (χ3n) is 4.07. The van der Waals surface area contributed by atoms with Crippen molar-refractivity contribution < 1.29 is 13.2 Å². The van der Waals surface area contributed by atoms with Crippen molar-refractivity contribution in [3.63, 3.8) is 0 Å². The lowest BCUT2D eigenvalue weighted by molar-refractivity contribution is 0.102. The molecule has 5 nitrogen and oxygen atoms in total. The molecule has 0 atom stereocenters. The number of rotatable bonds is 6. The van der Waals surface area contributed by atoms with Crippen molar-refractivity contribution in [1.82, 2.24) is 0 Å². The molecule has 0 aliphatic carbocycles. The summed E-state index contributed by atoms with van der Waals surface area (Å²) in [6.45, 7) is 2.09. The quantitative estimate of drug-likeness (QED) is 0.698. The lowest BCUT2D eigenvalue weighted by atomic mass is 10.2. The average molecular weight is 380 g/mol. The number of nitrogens with one attached hydrogen (secondary N) is 1. The van der Waals surface area contributed by atoms with Crippen LogP contribution in [0.4, 0.5) is 11.4 Å². The number of amides is 1. The van der Waals surface area contributed by atoms with Crippen molar-refractivity contribution >= 4 is 27.3 Å². The van der Waals surface area contributed by atoms with Gasteiger partial charge in [0.15, 0.2) is 0 Å². The number of benzene rings is 3. The maximum absolute atomic E-state index is 13.0. The molecular formula is C21H20N2O3S. The number of anilines is 2. The van der Waals surface area contributed by atoms with Gasteiger partial charge < -0.3 is 5.32 Å². The standard InChI is InChI=1S/C21H20N2O3S/c1-2-23(19-11-7-4-8-12-19)27(25,26)20-15-13-17(14-16-20)21(24)22-18-9-5-3-6-10-18/h3-16H,2H2,1H3,(H,22,24). The van der Waals surface area contributed by atoms with Gasteiger partial charge in [0.2, 0.25) is 0 Å². The molecule has 138 valence electrons. The molecule has 0 spiro atoms. The van der Waals surface area contributed by atoms with Gasteiger partial charge in [-0.25, -0.2) is 8.42 Å². The minimum Gasteiger partial charge on any atom is -0.322 e. The van der Waals surface area contributed by atoms with Crippen molar-refractivity contribution in [3.8, 4) is 0 Å². The van der Waals surface area contributed by atoms with Crippen LogP contribution in [0, 0.1) is 0 Å². The number of para-hydroxylation sites is 2. The Morgan fingerprint density at radius 2 is 1.41 bits per heavy atom. The van der Waals surface area contributed by atoms with E-state index >= 15 is 0 Å². The van der Waals surface area contributed by atoms with Gasteiger partial charge in [0.1, 0.15) is 0 Å². The van der Waals surface area contributed by atoms with Gasteiger partial charge in [0.25, 0.3) is 15.9 Å². The second-order valence-corrected chi connectivity index (χ2v) is 7.71. The minimum atomic E-state index is -3.70.